The highest BCUT2D eigenvalue weighted by atomic mass is 19.1. The summed E-state index contributed by atoms with van der Waals surface area (Å²) < 4.78 is 31.6. The zero-order valence-electron chi connectivity index (χ0n) is 13.2. The highest BCUT2D eigenvalue weighted by Crippen LogP contribution is 2.26. The minimum Gasteiger partial charge on any atom is -0.445 e. The van der Waals surface area contributed by atoms with Crippen LogP contribution in [0.25, 0.3) is 0 Å². The summed E-state index contributed by atoms with van der Waals surface area (Å²) in [5.41, 5.74) is 5.44. The normalized spacial score (nSPS) is 13.1. The van der Waals surface area contributed by atoms with Crippen LogP contribution in [0.4, 0.5) is 19.3 Å². The SMILES string of the molecule is Nc1c(F)cc(F)cc1C(O)C(O)CNC(=O)OCc1ccccc1. The summed E-state index contributed by atoms with van der Waals surface area (Å²) in [5.74, 6) is -1.99. The number of halogens is 2. The molecule has 5 N–H and O–H groups in total. The van der Waals surface area contributed by atoms with Gasteiger partial charge >= 0.3 is 6.09 Å². The van der Waals surface area contributed by atoms with E-state index in [1.807, 2.05) is 6.07 Å². The van der Waals surface area contributed by atoms with Crippen LogP contribution in [0.2, 0.25) is 0 Å². The Morgan fingerprint density at radius 3 is 2.56 bits per heavy atom. The lowest BCUT2D eigenvalue weighted by Gasteiger charge is -2.20. The van der Waals surface area contributed by atoms with Crippen molar-refractivity contribution in [3.63, 3.8) is 0 Å². The third-order valence-electron chi connectivity index (χ3n) is 3.48. The predicted octanol–water partition coefficient (Wildman–Crippen LogP) is 1.87. The fraction of sp³-hybridized carbons (Fsp3) is 0.235. The molecule has 0 aliphatic heterocycles. The van der Waals surface area contributed by atoms with E-state index in [-0.39, 0.29) is 12.2 Å². The standard InChI is InChI=1S/C17H18F2N2O4/c18-11-6-12(15(20)13(19)7-11)16(23)14(22)8-21-17(24)25-9-10-4-2-1-3-5-10/h1-7,14,16,22-23H,8-9,20H2,(H,21,24). The van der Waals surface area contributed by atoms with E-state index < -0.39 is 42.2 Å². The van der Waals surface area contributed by atoms with Gasteiger partial charge in [-0.1, -0.05) is 30.3 Å². The number of hydrogen-bond donors (Lipinski definition) is 4. The van der Waals surface area contributed by atoms with Gasteiger partial charge in [0.25, 0.3) is 0 Å². The second kappa shape index (κ2) is 8.41. The van der Waals surface area contributed by atoms with Crippen molar-refractivity contribution in [2.45, 2.75) is 18.8 Å². The maximum atomic E-state index is 13.4. The highest BCUT2D eigenvalue weighted by Gasteiger charge is 2.23. The lowest BCUT2D eigenvalue weighted by molar-refractivity contribution is 0.0185. The first kappa shape index (κ1) is 18.6. The van der Waals surface area contributed by atoms with E-state index in [9.17, 15) is 23.8 Å². The number of carbonyl (C=O) groups excluding carboxylic acids is 1. The highest BCUT2D eigenvalue weighted by molar-refractivity contribution is 5.67. The molecule has 0 radical (unpaired) electrons. The number of aliphatic hydroxyl groups excluding tert-OH is 2. The number of nitrogen functional groups attached to an aromatic ring is 1. The minimum absolute atomic E-state index is 0.0351. The Bertz CT molecular complexity index is 728. The van der Waals surface area contributed by atoms with Gasteiger partial charge in [0, 0.05) is 18.2 Å². The van der Waals surface area contributed by atoms with Gasteiger partial charge in [-0.25, -0.2) is 13.6 Å². The van der Waals surface area contributed by atoms with Gasteiger partial charge in [0.05, 0.1) is 5.69 Å². The number of anilines is 1. The molecule has 1 amide bonds. The zero-order chi connectivity index (χ0) is 18.4. The van der Waals surface area contributed by atoms with Gasteiger partial charge in [0.2, 0.25) is 0 Å². The topological polar surface area (TPSA) is 105 Å². The van der Waals surface area contributed by atoms with E-state index in [4.69, 9.17) is 10.5 Å². The largest absolute Gasteiger partial charge is 0.445 e. The third kappa shape index (κ3) is 5.13. The van der Waals surface area contributed by atoms with Gasteiger partial charge in [0.1, 0.15) is 30.4 Å². The second-order valence-electron chi connectivity index (χ2n) is 5.35. The molecule has 2 unspecified atom stereocenters. The summed E-state index contributed by atoms with van der Waals surface area (Å²) in [6.07, 6.45) is -4.03. The van der Waals surface area contributed by atoms with Gasteiger partial charge in [0.15, 0.2) is 0 Å². The third-order valence-corrected chi connectivity index (χ3v) is 3.48. The summed E-state index contributed by atoms with van der Waals surface area (Å²) >= 11 is 0. The van der Waals surface area contributed by atoms with Crippen LogP contribution in [0, 0.1) is 11.6 Å². The van der Waals surface area contributed by atoms with Crippen LogP contribution in [0.1, 0.15) is 17.2 Å². The van der Waals surface area contributed by atoms with Gasteiger partial charge in [-0.05, 0) is 11.6 Å². The van der Waals surface area contributed by atoms with Crippen molar-refractivity contribution >= 4 is 11.8 Å². The summed E-state index contributed by atoms with van der Waals surface area (Å²) in [7, 11) is 0. The first-order valence-corrected chi connectivity index (χ1v) is 7.43. The van der Waals surface area contributed by atoms with E-state index in [0.29, 0.717) is 6.07 Å². The molecule has 0 fully saturated rings. The molecule has 0 saturated heterocycles. The lowest BCUT2D eigenvalue weighted by atomic mass is 10.0. The Morgan fingerprint density at radius 2 is 1.88 bits per heavy atom. The van der Waals surface area contributed by atoms with Gasteiger partial charge < -0.3 is 26.0 Å². The van der Waals surface area contributed by atoms with E-state index in [1.165, 1.54) is 0 Å². The molecule has 0 saturated carbocycles. The summed E-state index contributed by atoms with van der Waals surface area (Å²) in [6, 6.07) is 10.3. The molecule has 2 atom stereocenters. The number of nitrogens with two attached hydrogens (primary N) is 1. The quantitative estimate of drug-likeness (QED) is 0.594. The monoisotopic (exact) mass is 352 g/mol. The number of amides is 1. The molecule has 2 aromatic rings. The van der Waals surface area contributed by atoms with Crippen molar-refractivity contribution < 1.29 is 28.5 Å². The molecule has 8 heteroatoms. The average molecular weight is 352 g/mol. The van der Waals surface area contributed by atoms with Crippen LogP contribution in [0.5, 0.6) is 0 Å². The van der Waals surface area contributed by atoms with Crippen LogP contribution in [-0.4, -0.2) is 29.0 Å². The maximum Gasteiger partial charge on any atom is 0.407 e. The number of nitrogens with one attached hydrogen (secondary N) is 1. The number of rotatable bonds is 6. The molecule has 25 heavy (non-hydrogen) atoms. The molecule has 0 aliphatic carbocycles. The summed E-state index contributed by atoms with van der Waals surface area (Å²) in [6.45, 7) is -0.361. The smallest absolute Gasteiger partial charge is 0.407 e. The molecule has 2 aromatic carbocycles. The Balaban J connectivity index is 1.87. The molecule has 0 bridgehead atoms. The molecule has 0 aromatic heterocycles. The van der Waals surface area contributed by atoms with E-state index >= 15 is 0 Å². The molecule has 0 spiro atoms. The summed E-state index contributed by atoms with van der Waals surface area (Å²) in [5, 5.41) is 22.1. The Labute approximate surface area is 142 Å². The Morgan fingerprint density at radius 1 is 1.20 bits per heavy atom. The van der Waals surface area contributed by atoms with E-state index in [1.54, 1.807) is 24.3 Å². The predicted molar refractivity (Wildman–Crippen MR) is 86.4 cm³/mol. The van der Waals surface area contributed by atoms with Crippen molar-refractivity contribution in [3.8, 4) is 0 Å². The van der Waals surface area contributed by atoms with Crippen molar-refractivity contribution in [2.75, 3.05) is 12.3 Å². The van der Waals surface area contributed by atoms with Crippen molar-refractivity contribution in [1.82, 2.24) is 5.32 Å². The number of benzene rings is 2. The lowest BCUT2D eigenvalue weighted by Crippen LogP contribution is -2.36. The minimum atomic E-state index is -1.68. The van der Waals surface area contributed by atoms with Gasteiger partial charge in [-0.3, -0.25) is 0 Å². The average Bonchev–Trinajstić information content (AvgIpc) is 2.61. The van der Waals surface area contributed by atoms with Crippen LogP contribution in [0.3, 0.4) is 0 Å². The fourth-order valence-corrected chi connectivity index (χ4v) is 2.13. The molecule has 0 aliphatic rings. The summed E-state index contributed by atoms with van der Waals surface area (Å²) in [4.78, 5) is 11.6. The molecule has 0 heterocycles. The van der Waals surface area contributed by atoms with Gasteiger partial charge in [-0.15, -0.1) is 0 Å². The van der Waals surface area contributed by atoms with Gasteiger partial charge in [-0.2, -0.15) is 0 Å². The van der Waals surface area contributed by atoms with E-state index in [0.717, 1.165) is 11.6 Å². The van der Waals surface area contributed by atoms with Crippen molar-refractivity contribution in [1.29, 1.82) is 0 Å². The second-order valence-corrected chi connectivity index (χ2v) is 5.35. The fourth-order valence-electron chi connectivity index (χ4n) is 2.13. The van der Waals surface area contributed by atoms with Crippen LogP contribution >= 0.6 is 0 Å². The molecule has 6 nitrogen and oxygen atoms in total. The van der Waals surface area contributed by atoms with Crippen molar-refractivity contribution in [2.24, 2.45) is 0 Å². The number of ether oxygens (including phenoxy) is 1. The molecular formula is C17H18F2N2O4. The Hall–Kier alpha value is -2.71. The number of carbonyl (C=O) groups is 1. The van der Waals surface area contributed by atoms with E-state index in [2.05, 4.69) is 5.32 Å². The Kier molecular flexibility index (Phi) is 6.26. The van der Waals surface area contributed by atoms with Crippen molar-refractivity contribution in [3.05, 3.63) is 65.2 Å². The molecular weight excluding hydrogens is 334 g/mol. The number of aliphatic hydroxyl groups is 2. The molecule has 2 rings (SSSR count). The first-order chi connectivity index (χ1) is 11.9. The number of alkyl carbamates (subject to hydrolysis) is 1. The maximum absolute atomic E-state index is 13.4. The van der Waals surface area contributed by atoms with Crippen LogP contribution in [0.15, 0.2) is 42.5 Å². The first-order valence-electron chi connectivity index (χ1n) is 7.43. The molecule has 134 valence electrons. The van der Waals surface area contributed by atoms with Crippen LogP contribution in [-0.2, 0) is 11.3 Å². The van der Waals surface area contributed by atoms with Crippen LogP contribution < -0.4 is 11.1 Å². The zero-order valence-corrected chi connectivity index (χ0v) is 13.2. The number of hydrogen-bond acceptors (Lipinski definition) is 5.